The lowest BCUT2D eigenvalue weighted by molar-refractivity contribution is -0.00157. The Labute approximate surface area is 89.4 Å². The summed E-state index contributed by atoms with van der Waals surface area (Å²) in [6, 6.07) is 7.26. The van der Waals surface area contributed by atoms with Crippen LogP contribution in [0.15, 0.2) is 24.3 Å². The summed E-state index contributed by atoms with van der Waals surface area (Å²) >= 11 is 0. The second-order valence-electron chi connectivity index (χ2n) is 3.97. The SMILES string of the molecule is CCONC1CC(c2ccc(F)cc2)C1. The molecular formula is C12H16FNO. The Morgan fingerprint density at radius 3 is 2.60 bits per heavy atom. The van der Waals surface area contributed by atoms with Crippen LogP contribution in [0.5, 0.6) is 0 Å². The van der Waals surface area contributed by atoms with Gasteiger partial charge in [0.1, 0.15) is 5.82 Å². The molecule has 1 aliphatic carbocycles. The third kappa shape index (κ3) is 2.55. The van der Waals surface area contributed by atoms with Crippen LogP contribution in [0.3, 0.4) is 0 Å². The van der Waals surface area contributed by atoms with E-state index in [4.69, 9.17) is 4.84 Å². The van der Waals surface area contributed by atoms with Gasteiger partial charge in [-0.2, -0.15) is 5.48 Å². The van der Waals surface area contributed by atoms with Crippen molar-refractivity contribution in [2.24, 2.45) is 0 Å². The minimum Gasteiger partial charge on any atom is -0.302 e. The quantitative estimate of drug-likeness (QED) is 0.770. The second-order valence-corrected chi connectivity index (χ2v) is 3.97. The van der Waals surface area contributed by atoms with E-state index in [0.29, 0.717) is 18.6 Å². The van der Waals surface area contributed by atoms with Crippen molar-refractivity contribution < 1.29 is 9.23 Å². The topological polar surface area (TPSA) is 21.3 Å². The highest BCUT2D eigenvalue weighted by Gasteiger charge is 2.30. The first-order valence-corrected chi connectivity index (χ1v) is 5.42. The molecule has 0 aliphatic heterocycles. The Balaban J connectivity index is 1.81. The lowest BCUT2D eigenvalue weighted by atomic mass is 9.76. The average molecular weight is 209 g/mol. The standard InChI is InChI=1S/C12H16FNO/c1-2-15-14-12-7-10(8-12)9-3-5-11(13)6-4-9/h3-6,10,12,14H,2,7-8H2,1H3. The van der Waals surface area contributed by atoms with Crippen molar-refractivity contribution in [1.82, 2.24) is 5.48 Å². The summed E-state index contributed by atoms with van der Waals surface area (Å²) in [7, 11) is 0. The van der Waals surface area contributed by atoms with Crippen molar-refractivity contribution in [3.63, 3.8) is 0 Å². The van der Waals surface area contributed by atoms with Gasteiger partial charge in [0.15, 0.2) is 0 Å². The number of hydrogen-bond donors (Lipinski definition) is 1. The molecule has 1 aromatic rings. The van der Waals surface area contributed by atoms with E-state index in [1.54, 1.807) is 0 Å². The molecule has 0 aromatic heterocycles. The fourth-order valence-electron chi connectivity index (χ4n) is 1.92. The maximum absolute atomic E-state index is 12.7. The highest BCUT2D eigenvalue weighted by Crippen LogP contribution is 2.36. The molecule has 0 atom stereocenters. The van der Waals surface area contributed by atoms with E-state index in [9.17, 15) is 4.39 Å². The molecule has 82 valence electrons. The maximum atomic E-state index is 12.7. The number of benzene rings is 1. The zero-order valence-electron chi connectivity index (χ0n) is 8.87. The van der Waals surface area contributed by atoms with E-state index in [2.05, 4.69) is 5.48 Å². The van der Waals surface area contributed by atoms with Gasteiger partial charge in [0, 0.05) is 6.04 Å². The highest BCUT2D eigenvalue weighted by atomic mass is 19.1. The molecule has 2 nitrogen and oxygen atoms in total. The Morgan fingerprint density at radius 1 is 1.33 bits per heavy atom. The number of halogens is 1. The molecule has 1 aromatic carbocycles. The molecule has 1 saturated carbocycles. The van der Waals surface area contributed by atoms with Crippen LogP contribution in [0.2, 0.25) is 0 Å². The van der Waals surface area contributed by atoms with Crippen LogP contribution < -0.4 is 5.48 Å². The molecule has 3 heteroatoms. The van der Waals surface area contributed by atoms with Gasteiger partial charge in [-0.15, -0.1) is 0 Å². The molecule has 0 radical (unpaired) electrons. The minimum absolute atomic E-state index is 0.165. The van der Waals surface area contributed by atoms with E-state index >= 15 is 0 Å². The third-order valence-corrected chi connectivity index (χ3v) is 2.87. The molecular weight excluding hydrogens is 193 g/mol. The van der Waals surface area contributed by atoms with Crippen LogP contribution in [0, 0.1) is 5.82 Å². The molecule has 1 aliphatic rings. The first-order valence-electron chi connectivity index (χ1n) is 5.42. The third-order valence-electron chi connectivity index (χ3n) is 2.87. The van der Waals surface area contributed by atoms with Crippen molar-refractivity contribution in [2.45, 2.75) is 31.7 Å². The van der Waals surface area contributed by atoms with E-state index in [1.807, 2.05) is 19.1 Å². The second kappa shape index (κ2) is 4.73. The summed E-state index contributed by atoms with van der Waals surface area (Å²) in [5.41, 5.74) is 4.23. The summed E-state index contributed by atoms with van der Waals surface area (Å²) in [5, 5.41) is 0. The first-order chi connectivity index (χ1) is 7.29. The molecule has 0 heterocycles. The first kappa shape index (κ1) is 10.6. The van der Waals surface area contributed by atoms with E-state index in [-0.39, 0.29) is 5.82 Å². The van der Waals surface area contributed by atoms with Gasteiger partial charge in [0.25, 0.3) is 0 Å². The van der Waals surface area contributed by atoms with Crippen molar-refractivity contribution in [2.75, 3.05) is 6.61 Å². The fraction of sp³-hybridized carbons (Fsp3) is 0.500. The molecule has 0 unspecified atom stereocenters. The van der Waals surface area contributed by atoms with Crippen molar-refractivity contribution in [3.8, 4) is 0 Å². The predicted molar refractivity (Wildman–Crippen MR) is 56.9 cm³/mol. The van der Waals surface area contributed by atoms with Crippen LogP contribution >= 0.6 is 0 Å². The molecule has 2 rings (SSSR count). The highest BCUT2D eigenvalue weighted by molar-refractivity contribution is 5.23. The van der Waals surface area contributed by atoms with Crippen molar-refractivity contribution in [3.05, 3.63) is 35.6 Å². The molecule has 1 fully saturated rings. The van der Waals surface area contributed by atoms with Crippen molar-refractivity contribution >= 4 is 0 Å². The van der Waals surface area contributed by atoms with Gasteiger partial charge in [0.2, 0.25) is 0 Å². The minimum atomic E-state index is -0.165. The molecule has 0 amide bonds. The molecule has 1 N–H and O–H groups in total. The van der Waals surface area contributed by atoms with Gasteiger partial charge in [-0.3, -0.25) is 0 Å². The van der Waals surface area contributed by atoms with Crippen molar-refractivity contribution in [1.29, 1.82) is 0 Å². The molecule has 15 heavy (non-hydrogen) atoms. The summed E-state index contributed by atoms with van der Waals surface area (Å²) in [6.07, 6.45) is 2.15. The van der Waals surface area contributed by atoms with Crippen LogP contribution in [0.25, 0.3) is 0 Å². The van der Waals surface area contributed by atoms with E-state index in [1.165, 1.54) is 17.7 Å². The zero-order chi connectivity index (χ0) is 10.7. The van der Waals surface area contributed by atoms with Crippen LogP contribution in [-0.2, 0) is 4.84 Å². The van der Waals surface area contributed by atoms with Crippen LogP contribution in [0.4, 0.5) is 4.39 Å². The Bertz CT molecular complexity index is 306. The monoisotopic (exact) mass is 209 g/mol. The Morgan fingerprint density at radius 2 is 2.00 bits per heavy atom. The predicted octanol–water partition coefficient (Wildman–Crippen LogP) is 2.61. The average Bonchev–Trinajstić information content (AvgIpc) is 2.18. The Hall–Kier alpha value is -0.930. The van der Waals surface area contributed by atoms with E-state index < -0.39 is 0 Å². The lowest BCUT2D eigenvalue weighted by Crippen LogP contribution is -2.39. The molecule has 0 spiro atoms. The summed E-state index contributed by atoms with van der Waals surface area (Å²) in [5.74, 6) is 0.394. The number of hydroxylamine groups is 1. The fourth-order valence-corrected chi connectivity index (χ4v) is 1.92. The summed E-state index contributed by atoms with van der Waals surface area (Å²) < 4.78 is 12.7. The molecule has 0 bridgehead atoms. The van der Waals surface area contributed by atoms with Gasteiger partial charge in [-0.1, -0.05) is 12.1 Å². The number of hydrogen-bond acceptors (Lipinski definition) is 2. The Kier molecular flexibility index (Phi) is 3.34. The number of rotatable bonds is 4. The zero-order valence-corrected chi connectivity index (χ0v) is 8.87. The van der Waals surface area contributed by atoms with Crippen LogP contribution in [-0.4, -0.2) is 12.6 Å². The lowest BCUT2D eigenvalue weighted by Gasteiger charge is -2.35. The summed E-state index contributed by atoms with van der Waals surface area (Å²) in [4.78, 5) is 5.13. The van der Waals surface area contributed by atoms with Gasteiger partial charge in [-0.25, -0.2) is 4.39 Å². The maximum Gasteiger partial charge on any atom is 0.123 e. The molecule has 0 saturated heterocycles. The van der Waals surface area contributed by atoms with Gasteiger partial charge >= 0.3 is 0 Å². The van der Waals surface area contributed by atoms with Gasteiger partial charge in [0.05, 0.1) is 6.61 Å². The van der Waals surface area contributed by atoms with Gasteiger partial charge in [-0.05, 0) is 43.4 Å². The normalized spacial score (nSPS) is 24.9. The van der Waals surface area contributed by atoms with Gasteiger partial charge < -0.3 is 4.84 Å². The largest absolute Gasteiger partial charge is 0.302 e. The smallest absolute Gasteiger partial charge is 0.123 e. The number of nitrogens with one attached hydrogen (secondary N) is 1. The van der Waals surface area contributed by atoms with E-state index in [0.717, 1.165) is 12.8 Å². The summed E-state index contributed by atoms with van der Waals surface area (Å²) in [6.45, 7) is 2.65. The van der Waals surface area contributed by atoms with Crippen LogP contribution in [0.1, 0.15) is 31.2 Å².